The number of ether oxygens (including phenoxy) is 1. The van der Waals surface area contributed by atoms with Gasteiger partial charge in [-0.05, 0) is 46.3 Å². The summed E-state index contributed by atoms with van der Waals surface area (Å²) >= 11 is 26.5. The van der Waals surface area contributed by atoms with Gasteiger partial charge in [-0.25, -0.2) is 0 Å². The fraction of sp³-hybridized carbons (Fsp3) is 0.176. The molecule has 0 saturated heterocycles. The van der Waals surface area contributed by atoms with Gasteiger partial charge in [-0.1, -0.05) is 46.9 Å². The van der Waals surface area contributed by atoms with Crippen LogP contribution in [0.25, 0.3) is 0 Å². The van der Waals surface area contributed by atoms with E-state index in [-0.39, 0.29) is 16.5 Å². The minimum absolute atomic E-state index is 0.0625. The van der Waals surface area contributed by atoms with Crippen molar-refractivity contribution in [1.29, 1.82) is 0 Å². The molecule has 1 atom stereocenters. The summed E-state index contributed by atoms with van der Waals surface area (Å²) in [6.45, 7) is 0. The Morgan fingerprint density at radius 2 is 1.87 bits per heavy atom. The summed E-state index contributed by atoms with van der Waals surface area (Å²) in [5.74, 6) is -0.211. The number of carbonyl (C=O) groups excluding carboxylic acids is 1. The van der Waals surface area contributed by atoms with Crippen LogP contribution in [-0.2, 0) is 0 Å². The molecule has 30 heavy (non-hydrogen) atoms. The summed E-state index contributed by atoms with van der Waals surface area (Å²) in [7, 11) is 1.40. The third-order valence-corrected chi connectivity index (χ3v) is 5.25. The smallest absolute Gasteiger partial charge is 0.254 e. The number of methoxy groups -OCH3 is 1. The number of hydrogen-bond acceptors (Lipinski definition) is 5. The van der Waals surface area contributed by atoms with Crippen LogP contribution in [0.4, 0.5) is 11.4 Å². The second-order valence-corrected chi connectivity index (χ2v) is 9.36. The number of nitrogens with one attached hydrogen (secondary N) is 4. The van der Waals surface area contributed by atoms with Crippen molar-refractivity contribution < 1.29 is 14.8 Å². The van der Waals surface area contributed by atoms with E-state index in [1.165, 1.54) is 25.3 Å². The van der Waals surface area contributed by atoms with E-state index in [1.54, 1.807) is 24.3 Å². The van der Waals surface area contributed by atoms with Crippen molar-refractivity contribution in [3.05, 3.63) is 62.9 Å². The van der Waals surface area contributed by atoms with Gasteiger partial charge in [0.25, 0.3) is 5.91 Å². The van der Waals surface area contributed by atoms with Gasteiger partial charge < -0.3 is 36.3 Å². The normalized spacial score (nSPS) is 12.3. The molecule has 2 aromatic carbocycles. The van der Waals surface area contributed by atoms with Crippen molar-refractivity contribution >= 4 is 85.3 Å². The zero-order chi connectivity index (χ0) is 22.5. The first kappa shape index (κ1) is 24.9. The third-order valence-electron chi connectivity index (χ3n) is 3.68. The Morgan fingerprint density at radius 1 is 1.20 bits per heavy atom. The van der Waals surface area contributed by atoms with E-state index in [1.807, 2.05) is 0 Å². The number of halogens is 4. The van der Waals surface area contributed by atoms with Gasteiger partial charge in [-0.15, -0.1) is 0 Å². The fourth-order valence-corrected chi connectivity index (χ4v) is 3.30. The third kappa shape index (κ3) is 6.82. The number of carbonyl (C=O) groups is 1. The van der Waals surface area contributed by atoms with Gasteiger partial charge in [0.1, 0.15) is 17.6 Å². The van der Waals surface area contributed by atoms with Crippen LogP contribution in [0.3, 0.4) is 0 Å². The molecule has 0 bridgehead atoms. The molecule has 0 spiro atoms. The number of anilines is 1. The van der Waals surface area contributed by atoms with Crippen molar-refractivity contribution in [2.24, 2.45) is 0 Å². The lowest BCUT2D eigenvalue weighted by molar-refractivity contribution is -0.715. The molecular formula is C17H15BrCl3N4O4S-. The van der Waals surface area contributed by atoms with E-state index in [0.29, 0.717) is 15.8 Å². The fourth-order valence-electron chi connectivity index (χ4n) is 2.28. The minimum atomic E-state index is -1.97. The van der Waals surface area contributed by atoms with Gasteiger partial charge in [0.15, 0.2) is 5.11 Å². The molecule has 2 rings (SSSR count). The van der Waals surface area contributed by atoms with Gasteiger partial charge in [0, 0.05) is 16.6 Å². The maximum Gasteiger partial charge on any atom is 0.254 e. The molecule has 8 nitrogen and oxygen atoms in total. The maximum absolute atomic E-state index is 12.6. The van der Waals surface area contributed by atoms with Crippen LogP contribution in [-0.4, -0.2) is 28.1 Å². The van der Waals surface area contributed by atoms with Crippen molar-refractivity contribution in [2.45, 2.75) is 9.96 Å². The average molecular weight is 558 g/mol. The first-order chi connectivity index (χ1) is 14.0. The molecule has 0 saturated carbocycles. The predicted octanol–water partition coefficient (Wildman–Crippen LogP) is 3.38. The van der Waals surface area contributed by atoms with Crippen LogP contribution < -0.4 is 25.9 Å². The van der Waals surface area contributed by atoms with E-state index in [0.717, 1.165) is 0 Å². The topological polar surface area (TPSA) is 113 Å². The molecule has 0 fully saturated rings. The lowest BCUT2D eigenvalue weighted by atomic mass is 10.2. The highest BCUT2D eigenvalue weighted by Crippen LogP contribution is 2.30. The van der Waals surface area contributed by atoms with Gasteiger partial charge >= 0.3 is 0 Å². The summed E-state index contributed by atoms with van der Waals surface area (Å²) in [5, 5.41) is 28.7. The van der Waals surface area contributed by atoms with E-state index >= 15 is 0 Å². The van der Waals surface area contributed by atoms with Crippen LogP contribution in [0, 0.1) is 10.4 Å². The summed E-state index contributed by atoms with van der Waals surface area (Å²) in [6.07, 6.45) is -1.22. The van der Waals surface area contributed by atoms with Crippen molar-refractivity contribution in [3.8, 4) is 5.75 Å². The minimum Gasteiger partial charge on any atom is -0.628 e. The number of rotatable bonds is 6. The number of quaternary nitrogens is 1. The summed E-state index contributed by atoms with van der Waals surface area (Å²) in [4.78, 5) is 12.6. The number of hydrogen-bond donors (Lipinski definition) is 4. The predicted molar refractivity (Wildman–Crippen MR) is 125 cm³/mol. The van der Waals surface area contributed by atoms with E-state index in [9.17, 15) is 15.2 Å². The highest BCUT2D eigenvalue weighted by atomic mass is 79.9. The molecule has 13 heteroatoms. The van der Waals surface area contributed by atoms with Crippen molar-refractivity contribution in [1.82, 2.24) is 10.6 Å². The number of thiocarbonyl (C=S) groups is 1. The quantitative estimate of drug-likeness (QED) is 0.186. The second-order valence-electron chi connectivity index (χ2n) is 5.73. The average Bonchev–Trinajstić information content (AvgIpc) is 2.66. The maximum atomic E-state index is 12.6. The monoisotopic (exact) mass is 555 g/mol. The molecule has 2 aromatic rings. The lowest BCUT2D eigenvalue weighted by Crippen LogP contribution is -2.96. The molecule has 1 unspecified atom stereocenters. The Morgan fingerprint density at radius 3 is 2.43 bits per heavy atom. The Labute approximate surface area is 201 Å². The zero-order valence-corrected chi connectivity index (χ0v) is 19.8. The molecule has 4 N–H and O–H groups in total. The molecular weight excluding hydrogens is 543 g/mol. The molecule has 0 aliphatic carbocycles. The second kappa shape index (κ2) is 10.8. The van der Waals surface area contributed by atoms with E-state index in [4.69, 9.17) is 51.8 Å². The van der Waals surface area contributed by atoms with Gasteiger partial charge in [-0.2, -0.15) is 0 Å². The first-order valence-electron chi connectivity index (χ1n) is 8.12. The summed E-state index contributed by atoms with van der Waals surface area (Å²) < 4.78 is 3.75. The molecule has 0 aliphatic rings. The van der Waals surface area contributed by atoms with Crippen LogP contribution in [0.2, 0.25) is 0 Å². The number of benzene rings is 2. The van der Waals surface area contributed by atoms with Crippen LogP contribution in [0.15, 0.2) is 46.9 Å². The Bertz CT molecular complexity index is 930. The standard InChI is InChI=1S/C17H15BrCl3N4O4S/c1-29-13-7-6-9(25(27)28)8-12(13)22-16(30)24-15(17(19,20)21)23-14(26)10-4-2-3-5-11(10)18/h2-8,15,25H,1H3,(H,23,26)(H2,22,24,30)/q-1. The van der Waals surface area contributed by atoms with E-state index in [2.05, 4.69) is 31.9 Å². The van der Waals surface area contributed by atoms with Crippen LogP contribution in [0.5, 0.6) is 5.75 Å². The Balaban J connectivity index is 2.18. The van der Waals surface area contributed by atoms with Crippen molar-refractivity contribution in [3.63, 3.8) is 0 Å². The van der Waals surface area contributed by atoms with Gasteiger partial charge in [0.05, 0.1) is 18.4 Å². The molecule has 1 amide bonds. The van der Waals surface area contributed by atoms with Gasteiger partial charge in [-0.3, -0.25) is 4.79 Å². The molecule has 0 aromatic heterocycles. The highest BCUT2D eigenvalue weighted by Gasteiger charge is 2.35. The molecule has 0 radical (unpaired) electrons. The number of alkyl halides is 3. The summed E-state index contributed by atoms with van der Waals surface area (Å²) in [5.41, 5.74) is 0.457. The van der Waals surface area contributed by atoms with Crippen LogP contribution >= 0.6 is 63.0 Å². The molecule has 162 valence electrons. The largest absolute Gasteiger partial charge is 0.628 e. The summed E-state index contributed by atoms with van der Waals surface area (Å²) in [6, 6.07) is 10.7. The SMILES string of the molecule is COc1ccc([NH+]([O-])[O-])cc1NC(=S)NC(NC(=O)c1ccccc1Br)C(Cl)(Cl)Cl. The van der Waals surface area contributed by atoms with E-state index < -0.39 is 21.1 Å². The van der Waals surface area contributed by atoms with Crippen molar-refractivity contribution in [2.75, 3.05) is 12.4 Å². The Kier molecular flexibility index (Phi) is 8.95. The molecule has 0 aliphatic heterocycles. The lowest BCUT2D eigenvalue weighted by Gasteiger charge is -2.28. The van der Waals surface area contributed by atoms with Gasteiger partial charge in [0.2, 0.25) is 3.79 Å². The Hall–Kier alpha value is -1.37. The molecule has 0 heterocycles. The highest BCUT2D eigenvalue weighted by molar-refractivity contribution is 9.10. The van der Waals surface area contributed by atoms with Crippen LogP contribution in [0.1, 0.15) is 10.4 Å². The first-order valence-corrected chi connectivity index (χ1v) is 10.5. The number of amides is 1. The zero-order valence-electron chi connectivity index (χ0n) is 15.2.